The summed E-state index contributed by atoms with van der Waals surface area (Å²) >= 11 is 0. The number of piperidine rings is 1. The van der Waals surface area contributed by atoms with Crippen LogP contribution in [0.3, 0.4) is 0 Å². The van der Waals surface area contributed by atoms with Gasteiger partial charge in [-0.15, -0.1) is 0 Å². The minimum atomic E-state index is -2.66. The van der Waals surface area contributed by atoms with Gasteiger partial charge in [0.05, 0.1) is 6.54 Å². The highest BCUT2D eigenvalue weighted by molar-refractivity contribution is 5.71. The molecule has 0 spiro atoms. The molecule has 1 aliphatic heterocycles. The van der Waals surface area contributed by atoms with Crippen LogP contribution in [0, 0.1) is 0 Å². The topological polar surface area (TPSA) is 33.5 Å². The van der Waals surface area contributed by atoms with E-state index in [0.717, 1.165) is 0 Å². The molecule has 82 valence electrons. The van der Waals surface area contributed by atoms with E-state index in [1.165, 1.54) is 11.0 Å². The molecule has 15 heavy (non-hydrogen) atoms. The van der Waals surface area contributed by atoms with Gasteiger partial charge in [0.25, 0.3) is 5.92 Å². The second kappa shape index (κ2) is 3.64. The Morgan fingerprint density at radius 1 is 1.47 bits per heavy atom. The summed E-state index contributed by atoms with van der Waals surface area (Å²) in [5.41, 5.74) is 0. The number of halogens is 2. The van der Waals surface area contributed by atoms with Crippen LogP contribution in [0.15, 0.2) is 16.5 Å². The summed E-state index contributed by atoms with van der Waals surface area (Å²) in [5.74, 6) is -2.15. The molecule has 0 aromatic carbocycles. The average molecular weight is 215 g/mol. The summed E-state index contributed by atoms with van der Waals surface area (Å²) in [5, 5.41) is 0. The maximum atomic E-state index is 13.1. The Labute approximate surface area is 85.7 Å². The molecule has 1 saturated heterocycles. The van der Waals surface area contributed by atoms with Gasteiger partial charge in [0.2, 0.25) is 0 Å². The Morgan fingerprint density at radius 2 is 2.27 bits per heavy atom. The summed E-state index contributed by atoms with van der Waals surface area (Å²) in [6.07, 6.45) is 0.917. The Morgan fingerprint density at radius 3 is 2.87 bits per heavy atom. The second-order valence-electron chi connectivity index (χ2n) is 3.67. The SMILES string of the molecule is O=Cc1ccc(N2CCCC(F)(F)C2)o1. The van der Waals surface area contributed by atoms with Crippen molar-refractivity contribution in [1.82, 2.24) is 0 Å². The molecule has 3 nitrogen and oxygen atoms in total. The minimum absolute atomic E-state index is 0.0786. The van der Waals surface area contributed by atoms with Gasteiger partial charge in [0.15, 0.2) is 17.9 Å². The first-order chi connectivity index (χ1) is 7.11. The standard InChI is InChI=1S/C10H11F2NO2/c11-10(12)4-1-5-13(7-10)9-3-2-8(6-14)15-9/h2-3,6H,1,4-5,7H2. The molecule has 0 unspecified atom stereocenters. The van der Waals surface area contributed by atoms with E-state index < -0.39 is 5.92 Å². The van der Waals surface area contributed by atoms with Gasteiger partial charge in [-0.05, 0) is 12.5 Å². The van der Waals surface area contributed by atoms with Crippen LogP contribution in [0.25, 0.3) is 0 Å². The van der Waals surface area contributed by atoms with Crippen LogP contribution in [-0.2, 0) is 0 Å². The molecular formula is C10H11F2NO2. The quantitative estimate of drug-likeness (QED) is 0.710. The van der Waals surface area contributed by atoms with Crippen molar-refractivity contribution in [2.24, 2.45) is 0 Å². The third-order valence-corrected chi connectivity index (χ3v) is 2.43. The zero-order chi connectivity index (χ0) is 10.9. The fraction of sp³-hybridized carbons (Fsp3) is 0.500. The van der Waals surface area contributed by atoms with Gasteiger partial charge in [-0.25, -0.2) is 8.78 Å². The molecule has 0 bridgehead atoms. The zero-order valence-corrected chi connectivity index (χ0v) is 8.08. The molecule has 0 aliphatic carbocycles. The normalized spacial score (nSPS) is 20.3. The van der Waals surface area contributed by atoms with Gasteiger partial charge in [-0.2, -0.15) is 0 Å². The number of rotatable bonds is 2. The van der Waals surface area contributed by atoms with E-state index >= 15 is 0 Å². The van der Waals surface area contributed by atoms with Gasteiger partial charge < -0.3 is 9.32 Å². The van der Waals surface area contributed by atoms with E-state index in [1.807, 2.05) is 0 Å². The van der Waals surface area contributed by atoms with Crippen molar-refractivity contribution in [3.8, 4) is 0 Å². The number of furan rings is 1. The largest absolute Gasteiger partial charge is 0.438 e. The predicted octanol–water partition coefficient (Wildman–Crippen LogP) is 2.33. The number of hydrogen-bond acceptors (Lipinski definition) is 3. The van der Waals surface area contributed by atoms with Gasteiger partial charge in [0, 0.05) is 19.0 Å². The van der Waals surface area contributed by atoms with Gasteiger partial charge in [0.1, 0.15) is 0 Å². The lowest BCUT2D eigenvalue weighted by Crippen LogP contribution is -2.42. The number of carbonyl (C=O) groups is 1. The third-order valence-electron chi connectivity index (χ3n) is 2.43. The third kappa shape index (κ3) is 2.16. The Bertz CT molecular complexity index is 362. The molecule has 1 aromatic rings. The number of carbonyl (C=O) groups excluding carboxylic acids is 1. The predicted molar refractivity (Wildman–Crippen MR) is 50.5 cm³/mol. The number of aldehydes is 1. The maximum absolute atomic E-state index is 13.1. The first-order valence-corrected chi connectivity index (χ1v) is 4.78. The summed E-state index contributed by atoms with van der Waals surface area (Å²) in [7, 11) is 0. The molecule has 0 amide bonds. The Hall–Kier alpha value is -1.39. The van der Waals surface area contributed by atoms with E-state index in [0.29, 0.717) is 25.1 Å². The molecular weight excluding hydrogens is 204 g/mol. The molecule has 0 saturated carbocycles. The molecule has 0 atom stereocenters. The van der Waals surface area contributed by atoms with Crippen LogP contribution in [0.1, 0.15) is 23.4 Å². The fourth-order valence-electron chi connectivity index (χ4n) is 1.73. The second-order valence-corrected chi connectivity index (χ2v) is 3.67. The van der Waals surface area contributed by atoms with E-state index in [4.69, 9.17) is 4.42 Å². The lowest BCUT2D eigenvalue weighted by molar-refractivity contribution is -0.0126. The number of hydrogen-bond donors (Lipinski definition) is 0. The van der Waals surface area contributed by atoms with E-state index in [9.17, 15) is 13.6 Å². The average Bonchev–Trinajstić information content (AvgIpc) is 2.64. The highest BCUT2D eigenvalue weighted by Crippen LogP contribution is 2.30. The van der Waals surface area contributed by atoms with E-state index in [1.54, 1.807) is 6.07 Å². The van der Waals surface area contributed by atoms with Crippen LogP contribution in [0.2, 0.25) is 0 Å². The van der Waals surface area contributed by atoms with Crippen molar-refractivity contribution in [2.45, 2.75) is 18.8 Å². The summed E-state index contributed by atoms with van der Waals surface area (Å²) in [4.78, 5) is 11.8. The van der Waals surface area contributed by atoms with Crippen molar-refractivity contribution in [1.29, 1.82) is 0 Å². The maximum Gasteiger partial charge on any atom is 0.265 e. The van der Waals surface area contributed by atoms with Crippen molar-refractivity contribution in [2.75, 3.05) is 18.0 Å². The Balaban J connectivity index is 2.13. The zero-order valence-electron chi connectivity index (χ0n) is 8.08. The molecule has 2 heterocycles. The molecule has 1 aromatic heterocycles. The monoisotopic (exact) mass is 215 g/mol. The van der Waals surface area contributed by atoms with E-state index in [2.05, 4.69) is 0 Å². The van der Waals surface area contributed by atoms with Crippen molar-refractivity contribution < 1.29 is 18.0 Å². The lowest BCUT2D eigenvalue weighted by Gasteiger charge is -2.32. The smallest absolute Gasteiger partial charge is 0.265 e. The summed E-state index contributed by atoms with van der Waals surface area (Å²) < 4.78 is 31.2. The van der Waals surface area contributed by atoms with Crippen LogP contribution in [0.4, 0.5) is 14.7 Å². The molecule has 5 heteroatoms. The molecule has 1 aliphatic rings. The summed E-state index contributed by atoms with van der Waals surface area (Å²) in [6.45, 7) is 0.209. The Kier molecular flexibility index (Phi) is 2.46. The number of alkyl halides is 2. The first-order valence-electron chi connectivity index (χ1n) is 4.78. The van der Waals surface area contributed by atoms with Crippen LogP contribution < -0.4 is 4.90 Å². The first kappa shape index (κ1) is 10.1. The molecule has 0 radical (unpaired) electrons. The van der Waals surface area contributed by atoms with Crippen molar-refractivity contribution in [3.05, 3.63) is 17.9 Å². The van der Waals surface area contributed by atoms with Crippen molar-refractivity contribution in [3.63, 3.8) is 0 Å². The van der Waals surface area contributed by atoms with Crippen LogP contribution >= 0.6 is 0 Å². The lowest BCUT2D eigenvalue weighted by atomic mass is 10.1. The summed E-state index contributed by atoms with van der Waals surface area (Å²) in [6, 6.07) is 3.03. The van der Waals surface area contributed by atoms with Gasteiger partial charge in [-0.1, -0.05) is 0 Å². The minimum Gasteiger partial charge on any atom is -0.438 e. The molecule has 1 fully saturated rings. The molecule has 2 rings (SSSR count). The highest BCUT2D eigenvalue weighted by atomic mass is 19.3. The van der Waals surface area contributed by atoms with Crippen LogP contribution in [-0.4, -0.2) is 25.3 Å². The van der Waals surface area contributed by atoms with Crippen molar-refractivity contribution >= 4 is 12.2 Å². The van der Waals surface area contributed by atoms with Crippen LogP contribution in [0.5, 0.6) is 0 Å². The molecule has 0 N–H and O–H groups in total. The number of anilines is 1. The van der Waals surface area contributed by atoms with Gasteiger partial charge in [-0.3, -0.25) is 4.79 Å². The van der Waals surface area contributed by atoms with E-state index in [-0.39, 0.29) is 18.7 Å². The highest BCUT2D eigenvalue weighted by Gasteiger charge is 2.36. The number of nitrogens with zero attached hydrogens (tertiary/aromatic N) is 1. The fourth-order valence-corrected chi connectivity index (χ4v) is 1.73. The van der Waals surface area contributed by atoms with Gasteiger partial charge >= 0.3 is 0 Å².